The zero-order valence-corrected chi connectivity index (χ0v) is 16.8. The molecule has 1 aliphatic rings. The van der Waals surface area contributed by atoms with Gasteiger partial charge in [0.25, 0.3) is 5.91 Å². The van der Waals surface area contributed by atoms with Crippen LogP contribution in [0.2, 0.25) is 0 Å². The normalized spacial score (nSPS) is 14.6. The number of carbonyl (C=O) groups excluding carboxylic acids is 1. The van der Waals surface area contributed by atoms with E-state index in [0.29, 0.717) is 11.5 Å². The van der Waals surface area contributed by atoms with E-state index in [-0.39, 0.29) is 12.5 Å². The quantitative estimate of drug-likeness (QED) is 0.648. The maximum atomic E-state index is 12.7. The molecule has 0 aliphatic heterocycles. The lowest BCUT2D eigenvalue weighted by molar-refractivity contribution is 0.0924. The molecule has 1 aromatic carbocycles. The number of rotatable bonds is 7. The highest BCUT2D eigenvalue weighted by molar-refractivity contribution is 5.97. The molecule has 0 unspecified atom stereocenters. The van der Waals surface area contributed by atoms with E-state index in [1.807, 2.05) is 54.3 Å². The Labute approximate surface area is 170 Å². The Kier molecular flexibility index (Phi) is 5.45. The van der Waals surface area contributed by atoms with Crippen molar-refractivity contribution in [3.05, 3.63) is 59.9 Å². The predicted molar refractivity (Wildman–Crippen MR) is 112 cm³/mol. The summed E-state index contributed by atoms with van der Waals surface area (Å²) in [6.07, 6.45) is 5.54. The van der Waals surface area contributed by atoms with E-state index in [1.54, 1.807) is 6.92 Å². The van der Waals surface area contributed by atoms with Crippen LogP contribution in [0, 0.1) is 12.8 Å². The minimum atomic E-state index is -0.597. The number of aliphatic hydroxyl groups is 1. The summed E-state index contributed by atoms with van der Waals surface area (Å²) in [5, 5.41) is 16.8. The molecular formula is C23H26N4O2. The van der Waals surface area contributed by atoms with Crippen LogP contribution in [0.15, 0.2) is 48.8 Å². The number of hydrogen-bond donors (Lipinski definition) is 2. The molecule has 1 aliphatic carbocycles. The summed E-state index contributed by atoms with van der Waals surface area (Å²) in [5.74, 6) is 0.485. The predicted octanol–water partition coefficient (Wildman–Crippen LogP) is 3.44. The van der Waals surface area contributed by atoms with Crippen LogP contribution < -0.4 is 5.32 Å². The van der Waals surface area contributed by atoms with Gasteiger partial charge in [-0.25, -0.2) is 0 Å². The molecule has 6 nitrogen and oxygen atoms in total. The summed E-state index contributed by atoms with van der Waals surface area (Å²) in [6.45, 7) is 4.76. The van der Waals surface area contributed by atoms with Crippen molar-refractivity contribution in [1.29, 1.82) is 0 Å². The van der Waals surface area contributed by atoms with E-state index in [0.717, 1.165) is 34.6 Å². The number of aromatic nitrogens is 3. The van der Waals surface area contributed by atoms with Crippen molar-refractivity contribution >= 4 is 5.91 Å². The van der Waals surface area contributed by atoms with E-state index >= 15 is 0 Å². The highest BCUT2D eigenvalue weighted by atomic mass is 16.3. The summed E-state index contributed by atoms with van der Waals surface area (Å²) in [4.78, 5) is 17.2. The molecule has 2 N–H and O–H groups in total. The molecule has 0 saturated heterocycles. The molecule has 3 aromatic rings. The van der Waals surface area contributed by atoms with Crippen LogP contribution in [-0.4, -0.2) is 38.4 Å². The summed E-state index contributed by atoms with van der Waals surface area (Å²) in [7, 11) is 0. The minimum Gasteiger partial charge on any atom is -0.392 e. The van der Waals surface area contributed by atoms with Crippen LogP contribution in [0.4, 0.5) is 0 Å². The highest BCUT2D eigenvalue weighted by Gasteiger charge is 2.23. The van der Waals surface area contributed by atoms with Crippen molar-refractivity contribution in [3.63, 3.8) is 0 Å². The van der Waals surface area contributed by atoms with Crippen LogP contribution >= 0.6 is 0 Å². The Morgan fingerprint density at radius 2 is 2.03 bits per heavy atom. The van der Waals surface area contributed by atoms with Crippen LogP contribution in [-0.2, 0) is 6.54 Å². The topological polar surface area (TPSA) is 80.0 Å². The van der Waals surface area contributed by atoms with Gasteiger partial charge < -0.3 is 10.4 Å². The number of benzene rings is 1. The molecule has 0 spiro atoms. The van der Waals surface area contributed by atoms with Gasteiger partial charge in [-0.1, -0.05) is 6.07 Å². The highest BCUT2D eigenvalue weighted by Crippen LogP contribution is 2.33. The van der Waals surface area contributed by atoms with Crippen molar-refractivity contribution in [1.82, 2.24) is 20.1 Å². The smallest absolute Gasteiger partial charge is 0.251 e. The van der Waals surface area contributed by atoms with Gasteiger partial charge in [0, 0.05) is 42.2 Å². The Morgan fingerprint density at radius 1 is 1.24 bits per heavy atom. The molecule has 6 heteroatoms. The number of nitrogens with one attached hydrogen (secondary N) is 1. The fraction of sp³-hybridized carbons (Fsp3) is 0.348. The minimum absolute atomic E-state index is 0.209. The first kappa shape index (κ1) is 19.3. The average molecular weight is 390 g/mol. The molecule has 29 heavy (non-hydrogen) atoms. The largest absolute Gasteiger partial charge is 0.392 e. The Bertz CT molecular complexity index is 1000. The number of pyridine rings is 1. The van der Waals surface area contributed by atoms with E-state index in [2.05, 4.69) is 21.5 Å². The molecule has 0 bridgehead atoms. The van der Waals surface area contributed by atoms with E-state index in [4.69, 9.17) is 0 Å². The second-order valence-corrected chi connectivity index (χ2v) is 7.92. The monoisotopic (exact) mass is 390 g/mol. The zero-order valence-electron chi connectivity index (χ0n) is 16.8. The maximum absolute atomic E-state index is 12.7. The van der Waals surface area contributed by atoms with Gasteiger partial charge in [-0.3, -0.25) is 14.5 Å². The number of aryl methyl sites for hydroxylation is 1. The van der Waals surface area contributed by atoms with Crippen LogP contribution in [0.1, 0.15) is 35.7 Å². The second-order valence-electron chi connectivity index (χ2n) is 7.92. The van der Waals surface area contributed by atoms with Gasteiger partial charge in [0.2, 0.25) is 0 Å². The van der Waals surface area contributed by atoms with Gasteiger partial charge >= 0.3 is 0 Å². The molecule has 150 valence electrons. The fourth-order valence-electron chi connectivity index (χ4n) is 3.30. The molecule has 1 atom stereocenters. The SMILES string of the molecule is Cc1ccc(-c2cc(C(=O)NC[C@H](C)O)cc(-c3ccnn3CC3CC3)c2)nc1. The van der Waals surface area contributed by atoms with Gasteiger partial charge in [-0.15, -0.1) is 0 Å². The van der Waals surface area contributed by atoms with Gasteiger partial charge in [0.05, 0.1) is 17.5 Å². The second kappa shape index (κ2) is 8.17. The lowest BCUT2D eigenvalue weighted by Crippen LogP contribution is -2.30. The number of amides is 1. The molecule has 1 saturated carbocycles. The molecule has 4 rings (SSSR count). The van der Waals surface area contributed by atoms with Crippen molar-refractivity contribution < 1.29 is 9.90 Å². The van der Waals surface area contributed by atoms with Crippen molar-refractivity contribution in [2.24, 2.45) is 5.92 Å². The number of carbonyl (C=O) groups is 1. The first-order valence-electron chi connectivity index (χ1n) is 10.1. The van der Waals surface area contributed by atoms with E-state index in [1.165, 1.54) is 12.8 Å². The Morgan fingerprint density at radius 3 is 2.72 bits per heavy atom. The maximum Gasteiger partial charge on any atom is 0.251 e. The van der Waals surface area contributed by atoms with Gasteiger partial charge in [0.1, 0.15) is 0 Å². The molecule has 1 fully saturated rings. The zero-order chi connectivity index (χ0) is 20.4. The Hall–Kier alpha value is -2.99. The lowest BCUT2D eigenvalue weighted by atomic mass is 10.00. The van der Waals surface area contributed by atoms with Gasteiger partial charge in [-0.2, -0.15) is 5.10 Å². The molecule has 0 radical (unpaired) electrons. The molecule has 1 amide bonds. The molecule has 2 heterocycles. The summed E-state index contributed by atoms with van der Waals surface area (Å²) >= 11 is 0. The van der Waals surface area contributed by atoms with Gasteiger partial charge in [0.15, 0.2) is 0 Å². The number of hydrogen-bond acceptors (Lipinski definition) is 4. The standard InChI is InChI=1S/C23H26N4O2/c1-15-3-6-21(24-12-15)18-9-19(11-20(10-18)23(29)25-13-16(2)28)22-7-8-26-27(22)14-17-4-5-17/h3,6-12,16-17,28H,4-5,13-14H2,1-2H3,(H,25,29)/t16-/m0/s1. The van der Waals surface area contributed by atoms with Gasteiger partial charge in [-0.05, 0) is 68.5 Å². The Balaban J connectivity index is 1.74. The average Bonchev–Trinajstić information content (AvgIpc) is 3.41. The summed E-state index contributed by atoms with van der Waals surface area (Å²) in [6, 6.07) is 11.8. The van der Waals surface area contributed by atoms with Crippen LogP contribution in [0.25, 0.3) is 22.5 Å². The van der Waals surface area contributed by atoms with Crippen molar-refractivity contribution in [2.75, 3.05) is 6.54 Å². The fourth-order valence-corrected chi connectivity index (χ4v) is 3.30. The molecular weight excluding hydrogens is 364 g/mol. The summed E-state index contributed by atoms with van der Waals surface area (Å²) < 4.78 is 2.02. The molecule has 2 aromatic heterocycles. The first-order chi connectivity index (χ1) is 14.0. The third kappa shape index (κ3) is 4.71. The number of aliphatic hydroxyl groups excluding tert-OH is 1. The number of nitrogens with zero attached hydrogens (tertiary/aromatic N) is 3. The first-order valence-corrected chi connectivity index (χ1v) is 10.1. The third-order valence-electron chi connectivity index (χ3n) is 5.10. The third-order valence-corrected chi connectivity index (χ3v) is 5.10. The van der Waals surface area contributed by atoms with E-state index in [9.17, 15) is 9.90 Å². The lowest BCUT2D eigenvalue weighted by Gasteiger charge is -2.13. The van der Waals surface area contributed by atoms with Crippen molar-refractivity contribution in [2.45, 2.75) is 39.3 Å². The summed E-state index contributed by atoms with van der Waals surface area (Å²) in [5.41, 5.74) is 5.25. The van der Waals surface area contributed by atoms with Crippen molar-refractivity contribution in [3.8, 4) is 22.5 Å². The van der Waals surface area contributed by atoms with Crippen LogP contribution in [0.5, 0.6) is 0 Å². The van der Waals surface area contributed by atoms with E-state index < -0.39 is 6.10 Å². The van der Waals surface area contributed by atoms with Crippen LogP contribution in [0.3, 0.4) is 0 Å².